The maximum Gasteiger partial charge on any atom is 0.248 e. The van der Waals surface area contributed by atoms with Crippen LogP contribution in [0.5, 0.6) is 0 Å². The summed E-state index contributed by atoms with van der Waals surface area (Å²) in [6, 6.07) is 5.09. The summed E-state index contributed by atoms with van der Waals surface area (Å²) in [7, 11) is 0. The van der Waals surface area contributed by atoms with Crippen molar-refractivity contribution in [2.75, 3.05) is 0 Å². The number of amidine groups is 1. The van der Waals surface area contributed by atoms with E-state index < -0.39 is 5.91 Å². The lowest BCUT2D eigenvalue weighted by Gasteiger charge is -1.99. The first kappa shape index (κ1) is 8.05. The molecule has 1 aromatic rings. The Balaban J connectivity index is 2.19. The van der Waals surface area contributed by atoms with Crippen LogP contribution in [0.2, 0.25) is 0 Å². The second-order valence-electron chi connectivity index (χ2n) is 3.25. The summed E-state index contributed by atoms with van der Waals surface area (Å²) >= 11 is 0. The van der Waals surface area contributed by atoms with E-state index in [2.05, 4.69) is 15.0 Å². The van der Waals surface area contributed by atoms with Crippen molar-refractivity contribution in [2.45, 2.75) is 0 Å². The van der Waals surface area contributed by atoms with Crippen molar-refractivity contribution in [3.8, 4) is 0 Å². The highest BCUT2D eigenvalue weighted by Crippen LogP contribution is 2.29. The highest BCUT2D eigenvalue weighted by molar-refractivity contribution is 6.55. The Labute approximate surface area is 85.1 Å². The molecule has 1 aromatic carbocycles. The molecule has 2 aliphatic heterocycles. The van der Waals surface area contributed by atoms with Crippen LogP contribution < -0.4 is 5.73 Å². The topological polar surface area (TPSA) is 80.2 Å². The van der Waals surface area contributed by atoms with Crippen molar-refractivity contribution in [3.63, 3.8) is 0 Å². The maximum absolute atomic E-state index is 11.0. The number of aliphatic imine (C=N–C) groups is 3. The Morgan fingerprint density at radius 1 is 1.33 bits per heavy atom. The molecular formula is C10H6N4O. The standard InChI is InChI=1S/C10H6N4O/c11-9(15)5-1-2-7-6(3-5)8-10(14-7)13-4-12-8/h1-4H,(H2,11,15). The van der Waals surface area contributed by atoms with E-state index in [0.29, 0.717) is 17.1 Å². The van der Waals surface area contributed by atoms with Crippen molar-refractivity contribution >= 4 is 29.5 Å². The molecule has 0 aliphatic carbocycles. The van der Waals surface area contributed by atoms with E-state index in [1.165, 1.54) is 6.34 Å². The molecule has 0 fully saturated rings. The number of fused-ring (bicyclic) bond motifs is 3. The van der Waals surface area contributed by atoms with Crippen LogP contribution in [0.15, 0.2) is 33.2 Å². The average Bonchev–Trinajstić information content (AvgIpc) is 2.75. The van der Waals surface area contributed by atoms with E-state index in [0.717, 1.165) is 11.3 Å². The van der Waals surface area contributed by atoms with Gasteiger partial charge in [0.2, 0.25) is 5.91 Å². The Bertz CT molecular complexity index is 569. The van der Waals surface area contributed by atoms with Crippen LogP contribution in [-0.4, -0.2) is 23.8 Å². The van der Waals surface area contributed by atoms with Gasteiger partial charge in [-0.25, -0.2) is 15.0 Å². The van der Waals surface area contributed by atoms with E-state index in [9.17, 15) is 4.79 Å². The first-order valence-corrected chi connectivity index (χ1v) is 4.39. The minimum Gasteiger partial charge on any atom is -0.366 e. The highest BCUT2D eigenvalue weighted by Gasteiger charge is 2.24. The molecule has 0 atom stereocenters. The van der Waals surface area contributed by atoms with Crippen LogP contribution >= 0.6 is 0 Å². The fraction of sp³-hybridized carbons (Fsp3) is 0. The number of amides is 1. The smallest absolute Gasteiger partial charge is 0.248 e. The summed E-state index contributed by atoms with van der Waals surface area (Å²) in [5.41, 5.74) is 7.97. The Kier molecular flexibility index (Phi) is 1.39. The van der Waals surface area contributed by atoms with Crippen LogP contribution in [0.25, 0.3) is 0 Å². The summed E-state index contributed by atoms with van der Waals surface area (Å²) in [4.78, 5) is 23.3. The number of carbonyl (C=O) groups excluding carboxylic acids is 1. The lowest BCUT2D eigenvalue weighted by Crippen LogP contribution is -2.12. The van der Waals surface area contributed by atoms with Crippen molar-refractivity contribution in [2.24, 2.45) is 20.7 Å². The maximum atomic E-state index is 11.0. The quantitative estimate of drug-likeness (QED) is 0.706. The van der Waals surface area contributed by atoms with Crippen LogP contribution in [0.1, 0.15) is 15.9 Å². The minimum atomic E-state index is -0.453. The first-order chi connectivity index (χ1) is 7.25. The monoisotopic (exact) mass is 198 g/mol. The van der Waals surface area contributed by atoms with Gasteiger partial charge in [-0.05, 0) is 18.2 Å². The van der Waals surface area contributed by atoms with Gasteiger partial charge in [0.05, 0.1) is 5.69 Å². The zero-order valence-corrected chi connectivity index (χ0v) is 7.64. The SMILES string of the molecule is NC(=O)c1ccc2c(c1)C1=NC=NC1=N2. The second-order valence-corrected chi connectivity index (χ2v) is 3.25. The number of primary amides is 1. The average molecular weight is 198 g/mol. The predicted octanol–water partition coefficient (Wildman–Crippen LogP) is 0.660. The molecule has 2 N–H and O–H groups in total. The number of hydrogen-bond donors (Lipinski definition) is 1. The highest BCUT2D eigenvalue weighted by atomic mass is 16.1. The number of hydrogen-bond acceptors (Lipinski definition) is 4. The molecule has 3 rings (SSSR count). The third-order valence-electron chi connectivity index (χ3n) is 2.34. The third kappa shape index (κ3) is 1.03. The van der Waals surface area contributed by atoms with Crippen molar-refractivity contribution in [3.05, 3.63) is 29.3 Å². The van der Waals surface area contributed by atoms with Gasteiger partial charge in [-0.15, -0.1) is 0 Å². The number of nitrogens with zero attached hydrogens (tertiary/aromatic N) is 3. The van der Waals surface area contributed by atoms with Crippen LogP contribution in [0.4, 0.5) is 5.69 Å². The molecular weight excluding hydrogens is 192 g/mol. The molecule has 0 radical (unpaired) electrons. The fourth-order valence-corrected chi connectivity index (χ4v) is 1.62. The third-order valence-corrected chi connectivity index (χ3v) is 2.34. The summed E-state index contributed by atoms with van der Waals surface area (Å²) in [5.74, 6) is 0.150. The molecule has 5 nitrogen and oxygen atoms in total. The number of rotatable bonds is 1. The molecule has 0 unspecified atom stereocenters. The van der Waals surface area contributed by atoms with Gasteiger partial charge >= 0.3 is 0 Å². The molecule has 0 aromatic heterocycles. The zero-order valence-electron chi connectivity index (χ0n) is 7.64. The van der Waals surface area contributed by atoms with Gasteiger partial charge in [-0.3, -0.25) is 4.79 Å². The number of benzene rings is 1. The summed E-state index contributed by atoms with van der Waals surface area (Å²) in [5, 5.41) is 0. The van der Waals surface area contributed by atoms with E-state index in [4.69, 9.17) is 5.73 Å². The van der Waals surface area contributed by atoms with Gasteiger partial charge in [0, 0.05) is 11.1 Å². The van der Waals surface area contributed by atoms with Crippen molar-refractivity contribution in [1.82, 2.24) is 0 Å². The van der Waals surface area contributed by atoms with E-state index in [-0.39, 0.29) is 0 Å². The molecule has 0 bridgehead atoms. The second kappa shape index (κ2) is 2.60. The van der Waals surface area contributed by atoms with Gasteiger partial charge < -0.3 is 5.73 Å². The van der Waals surface area contributed by atoms with Gasteiger partial charge in [-0.1, -0.05) is 0 Å². The van der Waals surface area contributed by atoms with E-state index in [1.807, 2.05) is 0 Å². The zero-order chi connectivity index (χ0) is 10.4. The Morgan fingerprint density at radius 3 is 3.00 bits per heavy atom. The Hall–Kier alpha value is -2.30. The molecule has 5 heteroatoms. The van der Waals surface area contributed by atoms with Crippen molar-refractivity contribution in [1.29, 1.82) is 0 Å². The molecule has 0 saturated carbocycles. The largest absolute Gasteiger partial charge is 0.366 e. The fourth-order valence-electron chi connectivity index (χ4n) is 1.62. The molecule has 72 valence electrons. The lowest BCUT2D eigenvalue weighted by molar-refractivity contribution is 0.100. The molecule has 1 amide bonds. The van der Waals surface area contributed by atoms with Gasteiger partial charge in [-0.2, -0.15) is 0 Å². The molecule has 15 heavy (non-hydrogen) atoms. The van der Waals surface area contributed by atoms with Crippen LogP contribution in [-0.2, 0) is 0 Å². The normalized spacial score (nSPS) is 15.7. The Morgan fingerprint density at radius 2 is 2.20 bits per heavy atom. The van der Waals surface area contributed by atoms with E-state index >= 15 is 0 Å². The van der Waals surface area contributed by atoms with Crippen molar-refractivity contribution < 1.29 is 4.79 Å². The minimum absolute atomic E-state index is 0.453. The number of carbonyl (C=O) groups is 1. The molecule has 2 heterocycles. The molecule has 2 aliphatic rings. The summed E-state index contributed by atoms with van der Waals surface area (Å²) in [6.45, 7) is 0. The molecule has 0 spiro atoms. The number of nitrogens with two attached hydrogens (primary N) is 1. The lowest BCUT2D eigenvalue weighted by atomic mass is 10.1. The summed E-state index contributed by atoms with van der Waals surface area (Å²) in [6.07, 6.45) is 1.45. The van der Waals surface area contributed by atoms with Gasteiger partial charge in [0.25, 0.3) is 0 Å². The predicted molar refractivity (Wildman–Crippen MR) is 57.1 cm³/mol. The molecule has 0 saturated heterocycles. The van der Waals surface area contributed by atoms with E-state index in [1.54, 1.807) is 18.2 Å². The van der Waals surface area contributed by atoms with Gasteiger partial charge in [0.1, 0.15) is 12.1 Å². The van der Waals surface area contributed by atoms with Crippen LogP contribution in [0.3, 0.4) is 0 Å². The summed E-state index contributed by atoms with van der Waals surface area (Å²) < 4.78 is 0. The first-order valence-electron chi connectivity index (χ1n) is 4.39. The van der Waals surface area contributed by atoms with Crippen LogP contribution in [0, 0.1) is 0 Å². The van der Waals surface area contributed by atoms with Gasteiger partial charge in [0.15, 0.2) is 5.84 Å².